The second-order valence-electron chi connectivity index (χ2n) is 5.34. The van der Waals surface area contributed by atoms with E-state index < -0.39 is 0 Å². The van der Waals surface area contributed by atoms with Crippen molar-refractivity contribution in [3.05, 3.63) is 64.7 Å². The number of nitrogens with one attached hydrogen (secondary N) is 1. The molecule has 0 aromatic heterocycles. The molecule has 21 heavy (non-hydrogen) atoms. The van der Waals surface area contributed by atoms with Crippen LogP contribution in [0.2, 0.25) is 0 Å². The van der Waals surface area contributed by atoms with Gasteiger partial charge in [-0.05, 0) is 36.1 Å². The first-order valence-electron chi connectivity index (χ1n) is 6.85. The third kappa shape index (κ3) is 2.54. The molecular weight excluding hydrogens is 280 g/mol. The third-order valence-electron chi connectivity index (χ3n) is 3.95. The normalized spacial score (nSPS) is 15.8. The summed E-state index contributed by atoms with van der Waals surface area (Å²) in [6.45, 7) is 1.95. The van der Waals surface area contributed by atoms with Crippen LogP contribution >= 0.6 is 12.2 Å². The van der Waals surface area contributed by atoms with E-state index in [2.05, 4.69) is 11.4 Å². The van der Waals surface area contributed by atoms with Gasteiger partial charge in [-0.2, -0.15) is 0 Å². The summed E-state index contributed by atoms with van der Waals surface area (Å²) in [7, 11) is 0. The molecule has 1 atom stereocenters. The zero-order valence-corrected chi connectivity index (χ0v) is 12.5. The summed E-state index contributed by atoms with van der Waals surface area (Å²) >= 11 is 4.98. The maximum Gasteiger partial charge on any atom is 0.232 e. The topological polar surface area (TPSA) is 55.1 Å². The molecule has 0 heterocycles. The average molecular weight is 296 g/mol. The predicted molar refractivity (Wildman–Crippen MR) is 88.6 cm³/mol. The van der Waals surface area contributed by atoms with Crippen molar-refractivity contribution in [2.45, 2.75) is 19.3 Å². The summed E-state index contributed by atoms with van der Waals surface area (Å²) in [5.74, 6) is -0.0361. The Morgan fingerprint density at radius 2 is 2.05 bits per heavy atom. The Kier molecular flexibility index (Phi) is 3.47. The van der Waals surface area contributed by atoms with Gasteiger partial charge in [0.25, 0.3) is 0 Å². The van der Waals surface area contributed by atoms with E-state index in [0.717, 1.165) is 28.8 Å². The molecule has 0 saturated carbocycles. The van der Waals surface area contributed by atoms with Crippen LogP contribution < -0.4 is 11.1 Å². The van der Waals surface area contributed by atoms with Crippen molar-refractivity contribution in [1.29, 1.82) is 0 Å². The van der Waals surface area contributed by atoms with Gasteiger partial charge in [0, 0.05) is 11.3 Å². The van der Waals surface area contributed by atoms with Gasteiger partial charge in [0.1, 0.15) is 4.99 Å². The summed E-state index contributed by atoms with van der Waals surface area (Å²) in [5.41, 5.74) is 10.6. The van der Waals surface area contributed by atoms with E-state index in [1.54, 1.807) is 0 Å². The lowest BCUT2D eigenvalue weighted by atomic mass is 9.77. The summed E-state index contributed by atoms with van der Waals surface area (Å²) in [4.78, 5) is 12.7. The molecule has 106 valence electrons. The van der Waals surface area contributed by atoms with Crippen LogP contribution in [0.25, 0.3) is 0 Å². The number of amides is 1. The molecule has 3 rings (SSSR count). The Morgan fingerprint density at radius 3 is 2.76 bits per heavy atom. The first-order valence-corrected chi connectivity index (χ1v) is 7.26. The molecule has 2 aromatic carbocycles. The summed E-state index contributed by atoms with van der Waals surface area (Å²) < 4.78 is 0. The Morgan fingerprint density at radius 1 is 1.29 bits per heavy atom. The van der Waals surface area contributed by atoms with Gasteiger partial charge in [0.15, 0.2) is 0 Å². The molecule has 0 radical (unpaired) electrons. The lowest BCUT2D eigenvalue weighted by Gasteiger charge is -2.29. The predicted octanol–water partition coefficient (Wildman–Crippen LogP) is 2.91. The molecule has 0 fully saturated rings. The van der Waals surface area contributed by atoms with Crippen LogP contribution in [0.1, 0.15) is 28.2 Å². The minimum Gasteiger partial charge on any atom is -0.389 e. The summed E-state index contributed by atoms with van der Waals surface area (Å²) in [6, 6.07) is 13.7. The SMILES string of the molecule is Cc1ccc(C(N)=S)cc1NC(=O)C1Cc2ccccc21. The molecule has 4 heteroatoms. The van der Waals surface area contributed by atoms with E-state index in [-0.39, 0.29) is 11.8 Å². The molecule has 3 nitrogen and oxygen atoms in total. The second-order valence-corrected chi connectivity index (χ2v) is 5.78. The molecule has 1 aliphatic rings. The van der Waals surface area contributed by atoms with E-state index in [1.807, 2.05) is 43.3 Å². The van der Waals surface area contributed by atoms with Crippen molar-refractivity contribution in [2.24, 2.45) is 5.73 Å². The number of anilines is 1. The van der Waals surface area contributed by atoms with Gasteiger partial charge < -0.3 is 11.1 Å². The zero-order chi connectivity index (χ0) is 15.0. The van der Waals surface area contributed by atoms with E-state index >= 15 is 0 Å². The number of nitrogens with two attached hydrogens (primary N) is 1. The number of rotatable bonds is 3. The highest BCUT2D eigenvalue weighted by molar-refractivity contribution is 7.80. The molecule has 3 N–H and O–H groups in total. The number of thiocarbonyl (C=S) groups is 1. The number of hydrogen-bond donors (Lipinski definition) is 2. The van der Waals surface area contributed by atoms with Crippen LogP contribution in [-0.4, -0.2) is 10.9 Å². The van der Waals surface area contributed by atoms with Crippen LogP contribution in [0, 0.1) is 6.92 Å². The first kappa shape index (κ1) is 13.8. The van der Waals surface area contributed by atoms with Gasteiger partial charge in [-0.25, -0.2) is 0 Å². The first-order chi connectivity index (χ1) is 10.1. The Hall–Kier alpha value is -2.20. The van der Waals surface area contributed by atoms with Crippen LogP contribution in [0.4, 0.5) is 5.69 Å². The van der Waals surface area contributed by atoms with Gasteiger partial charge in [0.05, 0.1) is 5.92 Å². The van der Waals surface area contributed by atoms with E-state index in [4.69, 9.17) is 18.0 Å². The quantitative estimate of drug-likeness (QED) is 0.856. The number of hydrogen-bond acceptors (Lipinski definition) is 2. The molecule has 2 aromatic rings. The van der Waals surface area contributed by atoms with E-state index in [9.17, 15) is 4.79 Å². The molecular formula is C17H16N2OS. The van der Waals surface area contributed by atoms with E-state index in [0.29, 0.717) is 4.99 Å². The molecule has 0 aliphatic heterocycles. The largest absolute Gasteiger partial charge is 0.389 e. The van der Waals surface area contributed by atoms with Crippen LogP contribution in [0.3, 0.4) is 0 Å². The van der Waals surface area contributed by atoms with Crippen LogP contribution in [-0.2, 0) is 11.2 Å². The lowest BCUT2D eigenvalue weighted by molar-refractivity contribution is -0.118. The maximum atomic E-state index is 12.4. The molecule has 1 unspecified atom stereocenters. The molecule has 1 aliphatic carbocycles. The fourth-order valence-corrected chi connectivity index (χ4v) is 2.75. The third-order valence-corrected chi connectivity index (χ3v) is 4.19. The van der Waals surface area contributed by atoms with Crippen molar-refractivity contribution in [1.82, 2.24) is 0 Å². The van der Waals surface area contributed by atoms with Crippen molar-refractivity contribution in [3.8, 4) is 0 Å². The maximum absolute atomic E-state index is 12.4. The number of aryl methyl sites for hydroxylation is 1. The Labute approximate surface area is 129 Å². The average Bonchev–Trinajstić information content (AvgIpc) is 2.42. The van der Waals surface area contributed by atoms with Crippen molar-refractivity contribution in [3.63, 3.8) is 0 Å². The number of benzene rings is 2. The van der Waals surface area contributed by atoms with E-state index in [1.165, 1.54) is 5.56 Å². The highest BCUT2D eigenvalue weighted by Gasteiger charge is 2.31. The standard InChI is InChI=1S/C17H16N2OS/c1-10-6-7-12(16(18)21)9-15(10)19-17(20)14-8-11-4-2-3-5-13(11)14/h2-7,9,14H,8H2,1H3,(H2,18,21)(H,19,20). The van der Waals surface area contributed by atoms with Crippen molar-refractivity contribution in [2.75, 3.05) is 5.32 Å². The Bertz CT molecular complexity index is 739. The highest BCUT2D eigenvalue weighted by Crippen LogP contribution is 2.35. The van der Waals surface area contributed by atoms with Crippen LogP contribution in [0.5, 0.6) is 0 Å². The summed E-state index contributed by atoms with van der Waals surface area (Å²) in [5, 5.41) is 2.99. The molecule has 0 saturated heterocycles. The van der Waals surface area contributed by atoms with Gasteiger partial charge in [0.2, 0.25) is 5.91 Å². The monoisotopic (exact) mass is 296 g/mol. The fourth-order valence-electron chi connectivity index (χ4n) is 2.62. The minimum absolute atomic E-state index is 0.0249. The second kappa shape index (κ2) is 5.30. The van der Waals surface area contributed by atoms with Crippen LogP contribution in [0.15, 0.2) is 42.5 Å². The highest BCUT2D eigenvalue weighted by atomic mass is 32.1. The molecule has 0 spiro atoms. The fraction of sp³-hybridized carbons (Fsp3) is 0.176. The number of carbonyl (C=O) groups excluding carboxylic acids is 1. The number of fused-ring (bicyclic) bond motifs is 1. The molecule has 1 amide bonds. The summed E-state index contributed by atoms with van der Waals surface area (Å²) in [6.07, 6.45) is 0.802. The van der Waals surface area contributed by atoms with Gasteiger partial charge in [-0.15, -0.1) is 0 Å². The Balaban J connectivity index is 1.80. The van der Waals surface area contributed by atoms with Gasteiger partial charge in [-0.3, -0.25) is 4.79 Å². The van der Waals surface area contributed by atoms with Gasteiger partial charge >= 0.3 is 0 Å². The minimum atomic E-state index is -0.0610. The number of carbonyl (C=O) groups is 1. The zero-order valence-electron chi connectivity index (χ0n) is 11.7. The smallest absolute Gasteiger partial charge is 0.232 e. The van der Waals surface area contributed by atoms with Crippen molar-refractivity contribution < 1.29 is 4.79 Å². The van der Waals surface area contributed by atoms with Gasteiger partial charge in [-0.1, -0.05) is 48.6 Å². The van der Waals surface area contributed by atoms with Crippen molar-refractivity contribution >= 4 is 28.8 Å². The lowest BCUT2D eigenvalue weighted by Crippen LogP contribution is -2.30. The molecule has 0 bridgehead atoms.